The van der Waals surface area contributed by atoms with Crippen LogP contribution in [0.4, 0.5) is 5.69 Å². The van der Waals surface area contributed by atoms with E-state index in [2.05, 4.69) is 5.32 Å². The van der Waals surface area contributed by atoms with Gasteiger partial charge in [0.2, 0.25) is 11.8 Å². The summed E-state index contributed by atoms with van der Waals surface area (Å²) in [5, 5.41) is 3.42. The van der Waals surface area contributed by atoms with Crippen LogP contribution < -0.4 is 5.32 Å². The number of amides is 2. The van der Waals surface area contributed by atoms with Gasteiger partial charge in [-0.05, 0) is 37.1 Å². The lowest BCUT2D eigenvalue weighted by Gasteiger charge is -2.19. The topological polar surface area (TPSA) is 49.4 Å². The van der Waals surface area contributed by atoms with Crippen LogP contribution in [0.1, 0.15) is 25.7 Å². The Labute approximate surface area is 140 Å². The number of likely N-dealkylation sites (tertiary alicyclic amines) is 1. The summed E-state index contributed by atoms with van der Waals surface area (Å²) in [7, 11) is 0. The van der Waals surface area contributed by atoms with Crippen molar-refractivity contribution in [1.29, 1.82) is 0 Å². The largest absolute Gasteiger partial charge is 0.342 e. The summed E-state index contributed by atoms with van der Waals surface area (Å²) in [6, 6.07) is 6.97. The van der Waals surface area contributed by atoms with Crippen molar-refractivity contribution in [2.45, 2.75) is 25.7 Å². The molecule has 2 rings (SSSR count). The minimum atomic E-state index is -0.101. The Balaban J connectivity index is 1.67. The van der Waals surface area contributed by atoms with Gasteiger partial charge in [-0.15, -0.1) is 11.8 Å². The summed E-state index contributed by atoms with van der Waals surface area (Å²) in [6.07, 6.45) is 4.60. The maximum atomic E-state index is 12.1. The van der Waals surface area contributed by atoms with Gasteiger partial charge in [0.1, 0.15) is 0 Å². The highest BCUT2D eigenvalue weighted by molar-refractivity contribution is 8.00. The van der Waals surface area contributed by atoms with E-state index in [0.29, 0.717) is 16.5 Å². The van der Waals surface area contributed by atoms with Crippen molar-refractivity contribution in [2.24, 2.45) is 0 Å². The van der Waals surface area contributed by atoms with Gasteiger partial charge in [-0.25, -0.2) is 0 Å². The third kappa shape index (κ3) is 5.89. The molecule has 120 valence electrons. The molecule has 0 radical (unpaired) electrons. The smallest absolute Gasteiger partial charge is 0.234 e. The Morgan fingerprint density at radius 1 is 1.05 bits per heavy atom. The zero-order valence-electron chi connectivity index (χ0n) is 12.5. The molecule has 1 aliphatic rings. The summed E-state index contributed by atoms with van der Waals surface area (Å²) in [5.74, 6) is 0.693. The Morgan fingerprint density at radius 2 is 1.68 bits per heavy atom. The highest BCUT2D eigenvalue weighted by Crippen LogP contribution is 2.15. The maximum Gasteiger partial charge on any atom is 0.234 e. The number of benzene rings is 1. The highest BCUT2D eigenvalue weighted by atomic mass is 35.5. The lowest BCUT2D eigenvalue weighted by Crippen LogP contribution is -2.33. The van der Waals surface area contributed by atoms with Crippen molar-refractivity contribution in [3.63, 3.8) is 0 Å². The molecule has 6 heteroatoms. The molecule has 2 amide bonds. The first kappa shape index (κ1) is 17.2. The third-order valence-electron chi connectivity index (χ3n) is 3.55. The fourth-order valence-corrected chi connectivity index (χ4v) is 3.22. The lowest BCUT2D eigenvalue weighted by atomic mass is 10.2. The van der Waals surface area contributed by atoms with Crippen molar-refractivity contribution in [1.82, 2.24) is 4.90 Å². The number of hydrogen-bond acceptors (Lipinski definition) is 3. The van der Waals surface area contributed by atoms with E-state index in [4.69, 9.17) is 11.6 Å². The number of anilines is 1. The van der Waals surface area contributed by atoms with E-state index in [1.807, 2.05) is 4.90 Å². The zero-order chi connectivity index (χ0) is 15.8. The third-order valence-corrected chi connectivity index (χ3v) is 4.71. The predicted molar refractivity (Wildman–Crippen MR) is 92.5 cm³/mol. The molecule has 0 atom stereocenters. The number of nitrogens with zero attached hydrogens (tertiary/aromatic N) is 1. The summed E-state index contributed by atoms with van der Waals surface area (Å²) >= 11 is 7.16. The van der Waals surface area contributed by atoms with Gasteiger partial charge < -0.3 is 10.2 Å². The molecule has 0 unspecified atom stereocenters. The van der Waals surface area contributed by atoms with Crippen molar-refractivity contribution < 1.29 is 9.59 Å². The monoisotopic (exact) mass is 340 g/mol. The number of hydrogen-bond donors (Lipinski definition) is 1. The second-order valence-electron chi connectivity index (χ2n) is 5.34. The predicted octanol–water partition coefficient (Wildman–Crippen LogP) is 3.41. The molecule has 1 N–H and O–H groups in total. The quantitative estimate of drug-likeness (QED) is 0.893. The van der Waals surface area contributed by atoms with Gasteiger partial charge in [0.05, 0.1) is 11.5 Å². The molecular weight excluding hydrogens is 320 g/mol. The van der Waals surface area contributed by atoms with Crippen LogP contribution in [-0.2, 0) is 9.59 Å². The zero-order valence-corrected chi connectivity index (χ0v) is 14.1. The van der Waals surface area contributed by atoms with Gasteiger partial charge in [0.15, 0.2) is 0 Å². The number of thioether (sulfide) groups is 1. The molecule has 0 bridgehead atoms. The van der Waals surface area contributed by atoms with Crippen LogP contribution in [0.25, 0.3) is 0 Å². The van der Waals surface area contributed by atoms with Crippen molar-refractivity contribution in [2.75, 3.05) is 29.9 Å². The average Bonchev–Trinajstić information content (AvgIpc) is 2.79. The van der Waals surface area contributed by atoms with Crippen molar-refractivity contribution >= 4 is 40.9 Å². The Hall–Kier alpha value is -1.20. The van der Waals surface area contributed by atoms with Gasteiger partial charge in [-0.3, -0.25) is 9.59 Å². The molecule has 0 spiro atoms. The van der Waals surface area contributed by atoms with Gasteiger partial charge in [0, 0.05) is 23.8 Å². The molecule has 1 aromatic rings. The van der Waals surface area contributed by atoms with Gasteiger partial charge >= 0.3 is 0 Å². The number of nitrogens with one attached hydrogen (secondary N) is 1. The van der Waals surface area contributed by atoms with Crippen LogP contribution in [-0.4, -0.2) is 41.3 Å². The van der Waals surface area contributed by atoms with E-state index in [1.165, 1.54) is 24.6 Å². The number of carbonyl (C=O) groups excluding carboxylic acids is 2. The number of halogens is 1. The van der Waals surface area contributed by atoms with Crippen LogP contribution in [0.5, 0.6) is 0 Å². The molecule has 1 fully saturated rings. The highest BCUT2D eigenvalue weighted by Gasteiger charge is 2.15. The standard InChI is InChI=1S/C16H21ClN2O2S/c17-13-5-7-14(8-6-13)18-15(20)11-22-12-16(21)19-9-3-1-2-4-10-19/h5-8H,1-4,9-12H2,(H,18,20). The van der Waals surface area contributed by atoms with Gasteiger partial charge in [-0.1, -0.05) is 24.4 Å². The van der Waals surface area contributed by atoms with E-state index in [-0.39, 0.29) is 17.6 Å². The van der Waals surface area contributed by atoms with Crippen molar-refractivity contribution in [3.8, 4) is 0 Å². The minimum absolute atomic E-state index is 0.101. The van der Waals surface area contributed by atoms with Gasteiger partial charge in [-0.2, -0.15) is 0 Å². The number of rotatable bonds is 5. The first-order valence-corrected chi connectivity index (χ1v) is 9.09. The molecule has 0 aromatic heterocycles. The van der Waals surface area contributed by atoms with E-state index in [0.717, 1.165) is 25.9 Å². The first-order valence-electron chi connectivity index (χ1n) is 7.56. The molecule has 0 aliphatic carbocycles. The summed E-state index contributed by atoms with van der Waals surface area (Å²) < 4.78 is 0. The Kier molecular flexibility index (Phi) is 7.06. The Bertz CT molecular complexity index is 499. The maximum absolute atomic E-state index is 12.1. The van der Waals surface area contributed by atoms with Gasteiger partial charge in [0.25, 0.3) is 0 Å². The normalized spacial score (nSPS) is 15.2. The van der Waals surface area contributed by atoms with Crippen LogP contribution in [0.15, 0.2) is 24.3 Å². The van der Waals surface area contributed by atoms with Crippen molar-refractivity contribution in [3.05, 3.63) is 29.3 Å². The Morgan fingerprint density at radius 3 is 2.32 bits per heavy atom. The molecule has 1 aromatic carbocycles. The summed E-state index contributed by atoms with van der Waals surface area (Å²) in [4.78, 5) is 25.8. The van der Waals surface area contributed by atoms with E-state index in [9.17, 15) is 9.59 Å². The first-order chi connectivity index (χ1) is 10.6. The molecule has 22 heavy (non-hydrogen) atoms. The van der Waals surface area contributed by atoms with E-state index >= 15 is 0 Å². The lowest BCUT2D eigenvalue weighted by molar-refractivity contribution is -0.128. The summed E-state index contributed by atoms with van der Waals surface area (Å²) in [6.45, 7) is 1.72. The molecule has 0 saturated carbocycles. The number of carbonyl (C=O) groups is 2. The fourth-order valence-electron chi connectivity index (χ4n) is 2.37. The van der Waals surface area contributed by atoms with E-state index in [1.54, 1.807) is 24.3 Å². The molecular formula is C16H21ClN2O2S. The second kappa shape index (κ2) is 9.06. The molecule has 1 heterocycles. The minimum Gasteiger partial charge on any atom is -0.342 e. The SMILES string of the molecule is O=C(CSCC(=O)N1CCCCCC1)Nc1ccc(Cl)cc1. The average molecular weight is 341 g/mol. The van der Waals surface area contributed by atoms with Crippen LogP contribution in [0.3, 0.4) is 0 Å². The fraction of sp³-hybridized carbons (Fsp3) is 0.500. The molecule has 1 saturated heterocycles. The molecule has 4 nitrogen and oxygen atoms in total. The van der Waals surface area contributed by atoms with Crippen LogP contribution >= 0.6 is 23.4 Å². The van der Waals surface area contributed by atoms with E-state index < -0.39 is 0 Å². The summed E-state index contributed by atoms with van der Waals surface area (Å²) in [5.41, 5.74) is 0.717. The molecule has 1 aliphatic heterocycles. The van der Waals surface area contributed by atoms with Crippen LogP contribution in [0.2, 0.25) is 5.02 Å². The second-order valence-corrected chi connectivity index (χ2v) is 6.76. The van der Waals surface area contributed by atoms with Crippen LogP contribution in [0, 0.1) is 0 Å².